The van der Waals surface area contributed by atoms with Crippen LogP contribution < -0.4 is 4.74 Å². The molecule has 110 valence electrons. The fourth-order valence-corrected chi connectivity index (χ4v) is 2.12. The lowest BCUT2D eigenvalue weighted by molar-refractivity contribution is 0.0943. The number of carbonyl (C=O) groups is 1. The SMILES string of the molecule is COc1cccc(CN(C)CC(=O)c2ccc(O)cc2)c1. The van der Waals surface area contributed by atoms with E-state index in [9.17, 15) is 9.90 Å². The van der Waals surface area contributed by atoms with Crippen molar-refractivity contribution in [2.24, 2.45) is 0 Å². The molecule has 4 heteroatoms. The number of ketones is 1. The van der Waals surface area contributed by atoms with Gasteiger partial charge in [0.1, 0.15) is 11.5 Å². The Hall–Kier alpha value is -2.33. The largest absolute Gasteiger partial charge is 0.508 e. The van der Waals surface area contributed by atoms with Crippen molar-refractivity contribution in [3.05, 3.63) is 59.7 Å². The average Bonchev–Trinajstić information content (AvgIpc) is 2.47. The van der Waals surface area contributed by atoms with Gasteiger partial charge < -0.3 is 9.84 Å². The molecule has 0 aliphatic rings. The van der Waals surface area contributed by atoms with E-state index in [-0.39, 0.29) is 11.5 Å². The number of aromatic hydroxyl groups is 1. The Morgan fingerprint density at radius 1 is 1.19 bits per heavy atom. The molecule has 1 N–H and O–H groups in total. The Morgan fingerprint density at radius 3 is 2.57 bits per heavy atom. The summed E-state index contributed by atoms with van der Waals surface area (Å²) in [4.78, 5) is 14.1. The van der Waals surface area contributed by atoms with Crippen molar-refractivity contribution in [1.82, 2.24) is 4.90 Å². The molecule has 0 unspecified atom stereocenters. The quantitative estimate of drug-likeness (QED) is 0.829. The molecular formula is C17H19NO3. The molecule has 2 rings (SSSR count). The lowest BCUT2D eigenvalue weighted by atomic mass is 10.1. The van der Waals surface area contributed by atoms with Gasteiger partial charge in [0.15, 0.2) is 5.78 Å². The summed E-state index contributed by atoms with van der Waals surface area (Å²) in [5.41, 5.74) is 1.70. The summed E-state index contributed by atoms with van der Waals surface area (Å²) in [6.07, 6.45) is 0. The number of carbonyl (C=O) groups excluding carboxylic acids is 1. The van der Waals surface area contributed by atoms with Crippen LogP contribution >= 0.6 is 0 Å². The molecule has 2 aromatic carbocycles. The minimum Gasteiger partial charge on any atom is -0.508 e. The Kier molecular flexibility index (Phi) is 4.95. The van der Waals surface area contributed by atoms with E-state index in [2.05, 4.69) is 0 Å². The van der Waals surface area contributed by atoms with E-state index >= 15 is 0 Å². The van der Waals surface area contributed by atoms with Gasteiger partial charge in [-0.05, 0) is 49.0 Å². The summed E-state index contributed by atoms with van der Waals surface area (Å²) < 4.78 is 5.19. The van der Waals surface area contributed by atoms with Gasteiger partial charge in [-0.1, -0.05) is 12.1 Å². The van der Waals surface area contributed by atoms with E-state index in [1.54, 1.807) is 19.2 Å². The zero-order valence-electron chi connectivity index (χ0n) is 12.2. The van der Waals surface area contributed by atoms with Crippen LogP contribution in [0.3, 0.4) is 0 Å². The number of likely N-dealkylation sites (N-methyl/N-ethyl adjacent to an activating group) is 1. The molecule has 2 aromatic rings. The third kappa shape index (κ3) is 4.33. The first-order valence-electron chi connectivity index (χ1n) is 6.72. The molecule has 4 nitrogen and oxygen atoms in total. The summed E-state index contributed by atoms with van der Waals surface area (Å²) in [5, 5.41) is 9.23. The molecule has 0 atom stereocenters. The van der Waals surface area contributed by atoms with Crippen LogP contribution in [-0.2, 0) is 6.54 Å². The molecule has 0 bridgehead atoms. The number of benzene rings is 2. The second-order valence-corrected chi connectivity index (χ2v) is 4.99. The van der Waals surface area contributed by atoms with Crippen LogP contribution in [0.5, 0.6) is 11.5 Å². The van der Waals surface area contributed by atoms with Crippen LogP contribution in [0.25, 0.3) is 0 Å². The van der Waals surface area contributed by atoms with Crippen molar-refractivity contribution in [1.29, 1.82) is 0 Å². The van der Waals surface area contributed by atoms with Gasteiger partial charge in [-0.3, -0.25) is 9.69 Å². The van der Waals surface area contributed by atoms with Crippen LogP contribution in [0, 0.1) is 0 Å². The highest BCUT2D eigenvalue weighted by molar-refractivity contribution is 5.97. The summed E-state index contributed by atoms with van der Waals surface area (Å²) in [6.45, 7) is 0.989. The summed E-state index contributed by atoms with van der Waals surface area (Å²) >= 11 is 0. The maximum Gasteiger partial charge on any atom is 0.176 e. The predicted octanol–water partition coefficient (Wildman–Crippen LogP) is 2.72. The smallest absolute Gasteiger partial charge is 0.176 e. The van der Waals surface area contributed by atoms with Gasteiger partial charge in [0, 0.05) is 12.1 Å². The van der Waals surface area contributed by atoms with Crippen LogP contribution in [0.1, 0.15) is 15.9 Å². The van der Waals surface area contributed by atoms with Gasteiger partial charge in [-0.15, -0.1) is 0 Å². The second-order valence-electron chi connectivity index (χ2n) is 4.99. The van der Waals surface area contributed by atoms with Crippen LogP contribution in [0.4, 0.5) is 0 Å². The van der Waals surface area contributed by atoms with Gasteiger partial charge in [0.05, 0.1) is 13.7 Å². The third-order valence-corrected chi connectivity index (χ3v) is 3.19. The number of methoxy groups -OCH3 is 1. The highest BCUT2D eigenvalue weighted by atomic mass is 16.5. The Balaban J connectivity index is 1.96. The lowest BCUT2D eigenvalue weighted by Crippen LogP contribution is -2.25. The zero-order chi connectivity index (χ0) is 15.2. The molecule has 0 aliphatic heterocycles. The zero-order valence-corrected chi connectivity index (χ0v) is 12.2. The van der Waals surface area contributed by atoms with Gasteiger partial charge in [0.2, 0.25) is 0 Å². The number of Topliss-reactive ketones (excluding diaryl/α,β-unsaturated/α-hetero) is 1. The number of nitrogens with zero attached hydrogens (tertiary/aromatic N) is 1. The number of hydrogen-bond donors (Lipinski definition) is 1. The lowest BCUT2D eigenvalue weighted by Gasteiger charge is -2.16. The molecule has 0 aliphatic carbocycles. The maximum absolute atomic E-state index is 12.1. The van der Waals surface area contributed by atoms with E-state index in [0.717, 1.165) is 11.3 Å². The van der Waals surface area contributed by atoms with Gasteiger partial charge in [0.25, 0.3) is 0 Å². The van der Waals surface area contributed by atoms with E-state index in [4.69, 9.17) is 4.74 Å². The highest BCUT2D eigenvalue weighted by Crippen LogP contribution is 2.14. The molecule has 0 heterocycles. The number of phenolic OH excluding ortho intramolecular Hbond substituents is 1. The average molecular weight is 285 g/mol. The minimum atomic E-state index is 0.0281. The number of phenols is 1. The molecule has 0 aromatic heterocycles. The first-order chi connectivity index (χ1) is 10.1. The Bertz CT molecular complexity index is 608. The fraction of sp³-hybridized carbons (Fsp3) is 0.235. The molecule has 0 saturated heterocycles. The normalized spacial score (nSPS) is 10.6. The van der Waals surface area contributed by atoms with E-state index < -0.39 is 0 Å². The standard InChI is InChI=1S/C17H19NO3/c1-18(11-13-4-3-5-16(10-13)21-2)12-17(20)14-6-8-15(19)9-7-14/h3-10,19H,11-12H2,1-2H3. The minimum absolute atomic E-state index is 0.0281. The maximum atomic E-state index is 12.1. The molecule has 0 radical (unpaired) electrons. The number of hydrogen-bond acceptors (Lipinski definition) is 4. The van der Waals surface area contributed by atoms with Crippen LogP contribution in [-0.4, -0.2) is 36.5 Å². The summed E-state index contributed by atoms with van der Waals surface area (Å²) in [6, 6.07) is 14.1. The van der Waals surface area contributed by atoms with Crippen LogP contribution in [0.2, 0.25) is 0 Å². The molecule has 0 spiro atoms. The molecule has 0 amide bonds. The number of rotatable bonds is 6. The fourth-order valence-electron chi connectivity index (χ4n) is 2.12. The predicted molar refractivity (Wildman–Crippen MR) is 81.8 cm³/mol. The highest BCUT2D eigenvalue weighted by Gasteiger charge is 2.10. The molecule has 0 saturated carbocycles. The molecule has 0 fully saturated rings. The first kappa shape index (κ1) is 15.1. The van der Waals surface area contributed by atoms with Crippen molar-refractivity contribution in [2.75, 3.05) is 20.7 Å². The molecular weight excluding hydrogens is 266 g/mol. The van der Waals surface area contributed by atoms with Gasteiger partial charge >= 0.3 is 0 Å². The Morgan fingerprint density at radius 2 is 1.90 bits per heavy atom. The van der Waals surface area contributed by atoms with E-state index in [0.29, 0.717) is 18.7 Å². The van der Waals surface area contributed by atoms with Crippen molar-refractivity contribution in [2.45, 2.75) is 6.54 Å². The van der Waals surface area contributed by atoms with Crippen molar-refractivity contribution in [3.63, 3.8) is 0 Å². The molecule has 21 heavy (non-hydrogen) atoms. The monoisotopic (exact) mass is 285 g/mol. The third-order valence-electron chi connectivity index (χ3n) is 3.19. The topological polar surface area (TPSA) is 49.8 Å². The van der Waals surface area contributed by atoms with Crippen molar-refractivity contribution >= 4 is 5.78 Å². The summed E-state index contributed by atoms with van der Waals surface area (Å²) in [5.74, 6) is 1.00. The second kappa shape index (κ2) is 6.90. The van der Waals surface area contributed by atoms with Crippen molar-refractivity contribution in [3.8, 4) is 11.5 Å². The summed E-state index contributed by atoms with van der Waals surface area (Å²) in [7, 11) is 3.54. The van der Waals surface area contributed by atoms with Crippen LogP contribution in [0.15, 0.2) is 48.5 Å². The number of ether oxygens (including phenoxy) is 1. The van der Waals surface area contributed by atoms with Crippen molar-refractivity contribution < 1.29 is 14.6 Å². The van der Waals surface area contributed by atoms with Gasteiger partial charge in [-0.2, -0.15) is 0 Å². The van der Waals surface area contributed by atoms with E-state index in [1.165, 1.54) is 12.1 Å². The Labute approximate surface area is 124 Å². The van der Waals surface area contributed by atoms with Gasteiger partial charge in [-0.25, -0.2) is 0 Å². The van der Waals surface area contributed by atoms with E-state index in [1.807, 2.05) is 36.2 Å². The first-order valence-corrected chi connectivity index (χ1v) is 6.72.